The molecule has 41 heavy (non-hydrogen) atoms. The van der Waals surface area contributed by atoms with Gasteiger partial charge in [0.2, 0.25) is 0 Å². The Kier molecular flexibility index (Phi) is 8.14. The van der Waals surface area contributed by atoms with Gasteiger partial charge in [-0.05, 0) is 108 Å². The molecule has 2 fully saturated rings. The number of hydrogen-bond donors (Lipinski definition) is 0. The van der Waals surface area contributed by atoms with Gasteiger partial charge in [0, 0.05) is 24.2 Å². The lowest BCUT2D eigenvalue weighted by Crippen LogP contribution is -2.41. The highest BCUT2D eigenvalue weighted by Crippen LogP contribution is 2.38. The minimum absolute atomic E-state index is 0.0932. The van der Waals surface area contributed by atoms with Crippen LogP contribution in [0.4, 0.5) is 0 Å². The zero-order valence-corrected chi connectivity index (χ0v) is 26.2. The van der Waals surface area contributed by atoms with Crippen LogP contribution in [-0.4, -0.2) is 53.8 Å². The van der Waals surface area contributed by atoms with Crippen molar-refractivity contribution in [3.63, 3.8) is 0 Å². The molecule has 0 spiro atoms. The van der Waals surface area contributed by atoms with Gasteiger partial charge in [-0.15, -0.1) is 11.3 Å². The number of aryl methyl sites for hydroxylation is 1. The first kappa shape index (κ1) is 29.8. The highest BCUT2D eigenvalue weighted by molar-refractivity contribution is 7.21. The number of carbonyl (C=O) groups is 2. The van der Waals surface area contributed by atoms with Gasteiger partial charge in [0.15, 0.2) is 0 Å². The van der Waals surface area contributed by atoms with E-state index in [0.29, 0.717) is 18.8 Å². The molecule has 2 aliphatic rings. The Labute approximate surface area is 248 Å². The van der Waals surface area contributed by atoms with E-state index < -0.39 is 23.9 Å². The SMILES string of the molecule is CC(C)(C)OC(=O)CCc1cccc(C2CCN(C(=O)c3cc4c(B5OC(C)(C)C(C)(C)O5)cccc4s3)CC2)c1. The molecule has 1 amide bonds. The number of fused-ring (bicyclic) bond motifs is 1. The van der Waals surface area contributed by atoms with Gasteiger partial charge in [-0.1, -0.05) is 36.4 Å². The quantitative estimate of drug-likeness (QED) is 0.248. The third-order valence-corrected chi connectivity index (χ3v) is 9.64. The molecule has 3 heterocycles. The smallest absolute Gasteiger partial charge is 0.460 e. The van der Waals surface area contributed by atoms with E-state index in [2.05, 4.69) is 58.0 Å². The summed E-state index contributed by atoms with van der Waals surface area (Å²) in [6.07, 6.45) is 2.88. The molecule has 8 heteroatoms. The van der Waals surface area contributed by atoms with Crippen molar-refractivity contribution < 1.29 is 23.6 Å². The van der Waals surface area contributed by atoms with Crippen LogP contribution in [0.5, 0.6) is 0 Å². The Morgan fingerprint density at radius 3 is 2.32 bits per heavy atom. The predicted molar refractivity (Wildman–Crippen MR) is 166 cm³/mol. The number of benzene rings is 2. The number of esters is 1. The van der Waals surface area contributed by atoms with Crippen molar-refractivity contribution in [1.82, 2.24) is 4.90 Å². The Bertz CT molecular complexity index is 1410. The second-order valence-electron chi connectivity index (χ2n) is 13.4. The van der Waals surface area contributed by atoms with Crippen molar-refractivity contribution in [2.75, 3.05) is 13.1 Å². The molecule has 0 atom stereocenters. The maximum Gasteiger partial charge on any atom is 0.495 e. The van der Waals surface area contributed by atoms with Crippen LogP contribution in [0.3, 0.4) is 0 Å². The summed E-state index contributed by atoms with van der Waals surface area (Å²) >= 11 is 1.54. The molecule has 3 aromatic rings. The summed E-state index contributed by atoms with van der Waals surface area (Å²) in [7, 11) is -0.461. The first-order chi connectivity index (χ1) is 19.2. The van der Waals surface area contributed by atoms with Gasteiger partial charge in [-0.3, -0.25) is 9.59 Å². The van der Waals surface area contributed by atoms with Crippen LogP contribution >= 0.6 is 11.3 Å². The molecule has 0 unspecified atom stereocenters. The van der Waals surface area contributed by atoms with Gasteiger partial charge in [-0.2, -0.15) is 0 Å². The maximum atomic E-state index is 13.6. The minimum atomic E-state index is -0.463. The summed E-state index contributed by atoms with van der Waals surface area (Å²) in [5, 5.41) is 1.03. The molecule has 0 radical (unpaired) electrons. The number of thiophene rings is 1. The molecule has 2 saturated heterocycles. The first-order valence-electron chi connectivity index (χ1n) is 14.7. The van der Waals surface area contributed by atoms with E-state index >= 15 is 0 Å². The van der Waals surface area contributed by atoms with Gasteiger partial charge >= 0.3 is 13.1 Å². The molecule has 2 aromatic carbocycles. The number of nitrogens with zero attached hydrogens (tertiary/aromatic N) is 1. The molecule has 0 bridgehead atoms. The van der Waals surface area contributed by atoms with Crippen LogP contribution < -0.4 is 5.46 Å². The van der Waals surface area contributed by atoms with Crippen LogP contribution in [0.15, 0.2) is 48.5 Å². The predicted octanol–water partition coefficient (Wildman–Crippen LogP) is 6.49. The fraction of sp³-hybridized carbons (Fsp3) is 0.515. The molecule has 1 aromatic heterocycles. The topological polar surface area (TPSA) is 65.1 Å². The number of ether oxygens (including phenoxy) is 1. The summed E-state index contributed by atoms with van der Waals surface area (Å²) in [5.74, 6) is 0.326. The van der Waals surface area contributed by atoms with E-state index in [9.17, 15) is 9.59 Å². The van der Waals surface area contributed by atoms with Gasteiger partial charge in [0.25, 0.3) is 5.91 Å². The van der Waals surface area contributed by atoms with Crippen LogP contribution in [-0.2, 0) is 25.3 Å². The summed E-state index contributed by atoms with van der Waals surface area (Å²) in [4.78, 5) is 28.5. The lowest BCUT2D eigenvalue weighted by atomic mass is 9.77. The molecule has 0 aliphatic carbocycles. The monoisotopic (exact) mass is 575 g/mol. The summed E-state index contributed by atoms with van der Waals surface area (Å²) in [6, 6.07) is 16.7. The van der Waals surface area contributed by atoms with Crippen molar-refractivity contribution in [2.45, 2.75) is 96.9 Å². The molecule has 2 aliphatic heterocycles. The number of carbonyl (C=O) groups excluding carboxylic acids is 2. The lowest BCUT2D eigenvalue weighted by molar-refractivity contribution is -0.154. The van der Waals surface area contributed by atoms with E-state index in [1.807, 2.05) is 43.9 Å². The van der Waals surface area contributed by atoms with Gasteiger partial charge in [-0.25, -0.2) is 0 Å². The Hall–Kier alpha value is -2.68. The minimum Gasteiger partial charge on any atom is -0.460 e. The van der Waals surface area contributed by atoms with E-state index in [0.717, 1.165) is 51.9 Å². The van der Waals surface area contributed by atoms with E-state index in [4.69, 9.17) is 14.0 Å². The van der Waals surface area contributed by atoms with Gasteiger partial charge < -0.3 is 18.9 Å². The Balaban J connectivity index is 1.22. The van der Waals surface area contributed by atoms with Crippen molar-refractivity contribution in [2.24, 2.45) is 0 Å². The van der Waals surface area contributed by atoms with Crippen molar-refractivity contribution >= 4 is 45.9 Å². The van der Waals surface area contributed by atoms with Gasteiger partial charge in [0.05, 0.1) is 16.1 Å². The first-order valence-corrected chi connectivity index (χ1v) is 15.5. The number of piperidine rings is 1. The van der Waals surface area contributed by atoms with E-state index in [1.54, 1.807) is 11.3 Å². The summed E-state index contributed by atoms with van der Waals surface area (Å²) < 4.78 is 19.2. The van der Waals surface area contributed by atoms with Crippen LogP contribution in [0.2, 0.25) is 0 Å². The van der Waals surface area contributed by atoms with Crippen molar-refractivity contribution in [3.8, 4) is 0 Å². The molecule has 6 nitrogen and oxygen atoms in total. The third kappa shape index (κ3) is 6.55. The Morgan fingerprint density at radius 1 is 1.00 bits per heavy atom. The largest absolute Gasteiger partial charge is 0.495 e. The normalized spacial score (nSPS) is 19.1. The molecular formula is C33H42BNO5S. The number of hydrogen-bond acceptors (Lipinski definition) is 6. The lowest BCUT2D eigenvalue weighted by Gasteiger charge is -2.32. The van der Waals surface area contributed by atoms with Crippen LogP contribution in [0.1, 0.15) is 94.4 Å². The summed E-state index contributed by atoms with van der Waals surface area (Å²) in [6.45, 7) is 15.3. The summed E-state index contributed by atoms with van der Waals surface area (Å²) in [5.41, 5.74) is 2.10. The second-order valence-corrected chi connectivity index (χ2v) is 14.4. The second kappa shape index (κ2) is 11.2. The highest BCUT2D eigenvalue weighted by Gasteiger charge is 2.52. The van der Waals surface area contributed by atoms with E-state index in [-0.39, 0.29) is 11.9 Å². The van der Waals surface area contributed by atoms with Crippen molar-refractivity contribution in [1.29, 1.82) is 0 Å². The Morgan fingerprint density at radius 2 is 1.66 bits per heavy atom. The number of rotatable bonds is 6. The zero-order chi connectivity index (χ0) is 29.6. The average molecular weight is 576 g/mol. The molecule has 5 rings (SSSR count). The molecule has 0 N–H and O–H groups in total. The zero-order valence-electron chi connectivity index (χ0n) is 25.4. The fourth-order valence-electron chi connectivity index (χ4n) is 5.58. The average Bonchev–Trinajstić information content (AvgIpc) is 3.43. The molecular weight excluding hydrogens is 533 g/mol. The van der Waals surface area contributed by atoms with E-state index in [1.165, 1.54) is 5.56 Å². The number of amides is 1. The number of likely N-dealkylation sites (tertiary alicyclic amines) is 1. The van der Waals surface area contributed by atoms with Crippen LogP contribution in [0.25, 0.3) is 10.1 Å². The highest BCUT2D eigenvalue weighted by atomic mass is 32.1. The maximum absolute atomic E-state index is 13.6. The standard InChI is InChI=1S/C33H42BNO5S/c1-31(2,3)38-29(36)15-14-22-10-8-11-24(20-22)23-16-18-35(19-17-23)30(37)28-21-25-26(12-9-13-27(25)41-28)34-39-32(4,5)33(6,7)40-34/h8-13,20-21,23H,14-19H2,1-7H3. The molecule has 0 saturated carbocycles. The molecule has 218 valence electrons. The fourth-order valence-corrected chi connectivity index (χ4v) is 6.64. The van der Waals surface area contributed by atoms with Gasteiger partial charge in [0.1, 0.15) is 5.60 Å². The van der Waals surface area contributed by atoms with Crippen LogP contribution in [0, 0.1) is 0 Å². The van der Waals surface area contributed by atoms with Crippen molar-refractivity contribution in [3.05, 3.63) is 64.5 Å². The third-order valence-electron chi connectivity index (χ3n) is 8.56.